The fourth-order valence-electron chi connectivity index (χ4n) is 3.66. The van der Waals surface area contributed by atoms with Crippen LogP contribution in [0.3, 0.4) is 0 Å². The number of nitrogens with zero attached hydrogens (tertiary/aromatic N) is 1. The Bertz CT molecular complexity index is 1220. The number of halogens is 6. The lowest BCUT2D eigenvalue weighted by Gasteiger charge is -2.36. The molecule has 3 rings (SSSR count). The molecule has 3 aromatic rings. The van der Waals surface area contributed by atoms with Gasteiger partial charge in [0.25, 0.3) is 6.43 Å². The summed E-state index contributed by atoms with van der Waals surface area (Å²) in [5.74, 6) is -0.617. The Balaban J connectivity index is 2.23. The van der Waals surface area contributed by atoms with Gasteiger partial charge in [0.2, 0.25) is 0 Å². The summed E-state index contributed by atoms with van der Waals surface area (Å²) in [5, 5.41) is -0.283. The zero-order valence-electron chi connectivity index (χ0n) is 21.9. The van der Waals surface area contributed by atoms with Crippen LogP contribution < -0.4 is 0 Å². The highest BCUT2D eigenvalue weighted by atomic mass is 28.4. The zero-order chi connectivity index (χ0) is 28.3. The van der Waals surface area contributed by atoms with Crippen LogP contribution in [0.15, 0.2) is 54.6 Å². The molecular formula is C28H31F6NO2Si. The number of benzene rings is 2. The summed E-state index contributed by atoms with van der Waals surface area (Å²) >= 11 is 0. The third-order valence-electron chi connectivity index (χ3n) is 6.78. The lowest BCUT2D eigenvalue weighted by Crippen LogP contribution is -2.40. The van der Waals surface area contributed by atoms with Crippen molar-refractivity contribution in [3.63, 3.8) is 0 Å². The molecule has 0 N–H and O–H groups in total. The Hall–Kier alpha value is -2.69. The van der Waals surface area contributed by atoms with Gasteiger partial charge in [-0.3, -0.25) is 0 Å². The summed E-state index contributed by atoms with van der Waals surface area (Å²) in [6.45, 7) is 8.76. The normalized spacial score (nSPS) is 12.8. The lowest BCUT2D eigenvalue weighted by atomic mass is 9.92. The van der Waals surface area contributed by atoms with E-state index in [1.54, 1.807) is 30.3 Å². The van der Waals surface area contributed by atoms with Crippen molar-refractivity contribution >= 4 is 8.32 Å². The number of hydrogen-bond acceptors (Lipinski definition) is 3. The second kappa shape index (κ2) is 11.6. The minimum Gasteiger partial charge on any atom is -0.412 e. The summed E-state index contributed by atoms with van der Waals surface area (Å²) < 4.78 is 96.7. The van der Waals surface area contributed by atoms with E-state index in [-0.39, 0.29) is 34.9 Å². The summed E-state index contributed by atoms with van der Waals surface area (Å²) in [5.41, 5.74) is -2.31. The maximum Gasteiger partial charge on any atom is 0.433 e. The fraction of sp³-hybridized carbons (Fsp3) is 0.393. The molecule has 0 aliphatic rings. The highest BCUT2D eigenvalue weighted by molar-refractivity contribution is 6.74. The molecule has 0 saturated heterocycles. The van der Waals surface area contributed by atoms with Gasteiger partial charge < -0.3 is 9.16 Å². The van der Waals surface area contributed by atoms with E-state index in [0.29, 0.717) is 0 Å². The van der Waals surface area contributed by atoms with E-state index < -0.39 is 50.3 Å². The van der Waals surface area contributed by atoms with Crippen molar-refractivity contribution in [1.29, 1.82) is 0 Å². The Kier molecular flexibility index (Phi) is 9.11. The molecule has 1 heterocycles. The van der Waals surface area contributed by atoms with E-state index in [4.69, 9.17) is 9.16 Å². The van der Waals surface area contributed by atoms with Gasteiger partial charge in [0.15, 0.2) is 14.0 Å². The number of ether oxygens (including phenoxy) is 1. The largest absolute Gasteiger partial charge is 0.433 e. The SMILES string of the molecule is CC(C)(C)[Si](C)(C)OCc1c(C(F)F)nc(C(F)(F)F)c(COCc2ccccc2)c1-c1ccc(F)cc1. The molecule has 1 aromatic heterocycles. The molecular weight excluding hydrogens is 524 g/mol. The first-order valence-corrected chi connectivity index (χ1v) is 14.9. The number of rotatable bonds is 9. The average molecular weight is 556 g/mol. The molecule has 0 atom stereocenters. The van der Waals surface area contributed by atoms with Gasteiger partial charge in [-0.25, -0.2) is 18.2 Å². The smallest absolute Gasteiger partial charge is 0.412 e. The number of pyridine rings is 1. The van der Waals surface area contributed by atoms with Crippen LogP contribution in [0.2, 0.25) is 18.1 Å². The van der Waals surface area contributed by atoms with Gasteiger partial charge in [-0.1, -0.05) is 63.2 Å². The Morgan fingerprint density at radius 2 is 1.45 bits per heavy atom. The minimum atomic E-state index is -5.04. The van der Waals surface area contributed by atoms with Crippen LogP contribution in [0.25, 0.3) is 11.1 Å². The monoisotopic (exact) mass is 555 g/mol. The van der Waals surface area contributed by atoms with Crippen molar-refractivity contribution in [2.75, 3.05) is 0 Å². The van der Waals surface area contributed by atoms with Crippen LogP contribution in [0, 0.1) is 5.82 Å². The van der Waals surface area contributed by atoms with Crippen molar-refractivity contribution in [2.24, 2.45) is 0 Å². The Morgan fingerprint density at radius 1 is 0.842 bits per heavy atom. The third-order valence-corrected chi connectivity index (χ3v) is 11.3. The maximum absolute atomic E-state index is 14.2. The van der Waals surface area contributed by atoms with E-state index in [0.717, 1.165) is 17.7 Å². The van der Waals surface area contributed by atoms with Crippen LogP contribution in [-0.2, 0) is 35.2 Å². The van der Waals surface area contributed by atoms with Gasteiger partial charge in [-0.2, -0.15) is 13.2 Å². The molecule has 10 heteroatoms. The van der Waals surface area contributed by atoms with Gasteiger partial charge in [-0.05, 0) is 47.0 Å². The van der Waals surface area contributed by atoms with Crippen molar-refractivity contribution < 1.29 is 35.5 Å². The van der Waals surface area contributed by atoms with Crippen LogP contribution in [0.1, 0.15) is 55.3 Å². The number of hydrogen-bond donors (Lipinski definition) is 0. The predicted molar refractivity (Wildman–Crippen MR) is 137 cm³/mol. The maximum atomic E-state index is 14.2. The Morgan fingerprint density at radius 3 is 1.97 bits per heavy atom. The van der Waals surface area contributed by atoms with E-state index in [2.05, 4.69) is 4.98 Å². The van der Waals surface area contributed by atoms with E-state index >= 15 is 0 Å². The highest BCUT2D eigenvalue weighted by Gasteiger charge is 2.41. The molecule has 0 aliphatic heterocycles. The van der Waals surface area contributed by atoms with Crippen molar-refractivity contribution in [3.8, 4) is 11.1 Å². The molecule has 38 heavy (non-hydrogen) atoms. The molecule has 0 amide bonds. The number of aromatic nitrogens is 1. The van der Waals surface area contributed by atoms with Crippen LogP contribution >= 0.6 is 0 Å². The van der Waals surface area contributed by atoms with Crippen molar-refractivity contribution in [2.45, 2.75) is 71.3 Å². The molecule has 206 valence electrons. The molecule has 0 aliphatic carbocycles. The third kappa shape index (κ3) is 7.03. The van der Waals surface area contributed by atoms with E-state index in [9.17, 15) is 26.3 Å². The van der Waals surface area contributed by atoms with Crippen molar-refractivity contribution in [3.05, 3.63) is 88.5 Å². The Labute approximate surface area is 220 Å². The highest BCUT2D eigenvalue weighted by Crippen LogP contribution is 2.43. The average Bonchev–Trinajstić information content (AvgIpc) is 2.82. The van der Waals surface area contributed by atoms with Gasteiger partial charge in [-0.15, -0.1) is 0 Å². The topological polar surface area (TPSA) is 31.4 Å². The first-order chi connectivity index (χ1) is 17.6. The molecule has 0 unspecified atom stereocenters. The van der Waals surface area contributed by atoms with Gasteiger partial charge >= 0.3 is 6.18 Å². The van der Waals surface area contributed by atoms with Crippen LogP contribution in [0.4, 0.5) is 26.3 Å². The first kappa shape index (κ1) is 29.9. The molecule has 0 fully saturated rings. The molecule has 0 bridgehead atoms. The second-order valence-electron chi connectivity index (χ2n) is 10.5. The molecule has 3 nitrogen and oxygen atoms in total. The second-order valence-corrected chi connectivity index (χ2v) is 15.3. The number of alkyl halides is 5. The van der Waals surface area contributed by atoms with Crippen LogP contribution in [0.5, 0.6) is 0 Å². The lowest BCUT2D eigenvalue weighted by molar-refractivity contribution is -0.142. The van der Waals surface area contributed by atoms with Crippen molar-refractivity contribution in [1.82, 2.24) is 4.98 Å². The van der Waals surface area contributed by atoms with Crippen LogP contribution in [-0.4, -0.2) is 13.3 Å². The molecule has 0 radical (unpaired) electrons. The molecule has 2 aromatic carbocycles. The summed E-state index contributed by atoms with van der Waals surface area (Å²) in [6.07, 6.45) is -8.34. The summed E-state index contributed by atoms with van der Waals surface area (Å²) in [7, 11) is -2.50. The zero-order valence-corrected chi connectivity index (χ0v) is 22.9. The minimum absolute atomic E-state index is 0.00655. The van der Waals surface area contributed by atoms with Gasteiger partial charge in [0.1, 0.15) is 11.5 Å². The van der Waals surface area contributed by atoms with E-state index in [1.807, 2.05) is 33.9 Å². The quantitative estimate of drug-likeness (QED) is 0.195. The van der Waals surface area contributed by atoms with Gasteiger partial charge in [0.05, 0.1) is 19.8 Å². The van der Waals surface area contributed by atoms with E-state index in [1.165, 1.54) is 12.1 Å². The molecule has 0 spiro atoms. The first-order valence-electron chi connectivity index (χ1n) is 12.0. The van der Waals surface area contributed by atoms with Gasteiger partial charge in [0, 0.05) is 11.1 Å². The summed E-state index contributed by atoms with van der Waals surface area (Å²) in [6, 6.07) is 13.5. The standard InChI is InChI=1S/C28H31F6NO2Si/c1-27(2,3)38(4,5)37-17-21-23(19-11-13-20(29)14-12-19)22(16-36-15-18-9-7-6-8-10-18)25(28(32,33)34)35-24(21)26(30)31/h6-14,26H,15-17H2,1-5H3. The predicted octanol–water partition coefficient (Wildman–Crippen LogP) is 9.08. The molecule has 0 saturated carbocycles. The fourth-order valence-corrected chi connectivity index (χ4v) is 4.60. The summed E-state index contributed by atoms with van der Waals surface area (Å²) in [4.78, 5) is 3.44.